The summed E-state index contributed by atoms with van der Waals surface area (Å²) in [6, 6.07) is 0. The monoisotopic (exact) mass is 222 g/mol. The molecule has 0 aliphatic heterocycles. The van der Waals surface area contributed by atoms with Gasteiger partial charge in [0.25, 0.3) is 0 Å². The number of carbonyl (C=O) groups is 2. The van der Waals surface area contributed by atoms with Gasteiger partial charge in [-0.05, 0) is 6.92 Å². The number of rotatable bonds is 6. The maximum Gasteiger partial charge on any atom is 0.339 e. The Labute approximate surface area is 86.2 Å². The summed E-state index contributed by atoms with van der Waals surface area (Å²) in [4.78, 5) is 28.9. The van der Waals surface area contributed by atoms with E-state index in [0.717, 1.165) is 6.92 Å². The largest absolute Gasteiger partial charge is 0.387 e. The van der Waals surface area contributed by atoms with Gasteiger partial charge < -0.3 is 20.1 Å². The molecule has 15 heavy (non-hydrogen) atoms. The van der Waals surface area contributed by atoms with Gasteiger partial charge in [0, 0.05) is 6.92 Å². The highest BCUT2D eigenvalue weighted by Gasteiger charge is 2.30. The van der Waals surface area contributed by atoms with E-state index in [9.17, 15) is 19.8 Å². The molecule has 3 N–H and O–H groups in total. The van der Waals surface area contributed by atoms with Crippen LogP contribution < -0.4 is 0 Å². The molecule has 0 aromatic rings. The Balaban J connectivity index is 4.11. The molecule has 0 aromatic carbocycles. The quantitative estimate of drug-likeness (QED) is 0.274. The van der Waals surface area contributed by atoms with E-state index in [-0.39, 0.29) is 6.29 Å². The second-order valence-electron chi connectivity index (χ2n) is 2.98. The average molecular weight is 222 g/mol. The average Bonchev–Trinajstić information content (AvgIpc) is 2.22. The number of aliphatic hydroxyl groups excluding tert-OH is 3. The minimum atomic E-state index is -1.72. The van der Waals surface area contributed by atoms with Crippen LogP contribution in [0.5, 0.6) is 0 Å². The lowest BCUT2D eigenvalue weighted by Crippen LogP contribution is -2.45. The van der Waals surface area contributed by atoms with Gasteiger partial charge in [-0.15, -0.1) is 0 Å². The van der Waals surface area contributed by atoms with Crippen LogP contribution in [0, 0.1) is 0 Å². The van der Waals surface area contributed by atoms with Crippen LogP contribution in [0.4, 0.5) is 0 Å². The van der Waals surface area contributed by atoms with Crippen LogP contribution in [-0.2, 0) is 19.4 Å². The summed E-state index contributed by atoms with van der Waals surface area (Å²) in [7, 11) is 0. The number of aldehydes is 1. The van der Waals surface area contributed by atoms with Crippen LogP contribution >= 0.6 is 0 Å². The maximum atomic E-state index is 10.3. The van der Waals surface area contributed by atoms with Crippen LogP contribution in [0.3, 0.4) is 0 Å². The van der Waals surface area contributed by atoms with E-state index in [1.165, 1.54) is 6.92 Å². The Bertz CT molecular complexity index is 217. The van der Waals surface area contributed by atoms with Crippen molar-refractivity contribution in [1.82, 2.24) is 0 Å². The van der Waals surface area contributed by atoms with E-state index >= 15 is 0 Å². The normalized spacial score (nSPS) is 18.7. The Morgan fingerprint density at radius 3 is 2.20 bits per heavy atom. The van der Waals surface area contributed by atoms with Crippen LogP contribution in [0.15, 0.2) is 0 Å². The molecule has 0 saturated heterocycles. The molecule has 0 unspecified atom stereocenters. The van der Waals surface area contributed by atoms with Gasteiger partial charge in [0.2, 0.25) is 0 Å². The molecule has 0 aromatic heterocycles. The van der Waals surface area contributed by atoms with Crippen molar-refractivity contribution in [3.05, 3.63) is 0 Å². The van der Waals surface area contributed by atoms with Crippen molar-refractivity contribution in [2.75, 3.05) is 0 Å². The Kier molecular flexibility index (Phi) is 6.02. The molecule has 0 bridgehead atoms. The number of hydrogen-bond donors (Lipinski definition) is 3. The summed E-state index contributed by atoms with van der Waals surface area (Å²) >= 11 is 0. The molecule has 0 aliphatic carbocycles. The van der Waals surface area contributed by atoms with Crippen molar-refractivity contribution >= 4 is 12.3 Å². The highest BCUT2D eigenvalue weighted by molar-refractivity contribution is 5.65. The van der Waals surface area contributed by atoms with Crippen molar-refractivity contribution in [2.24, 2.45) is 0 Å². The topological polar surface area (TPSA) is 113 Å². The molecule has 4 atom stereocenters. The van der Waals surface area contributed by atoms with E-state index in [0.29, 0.717) is 0 Å². The Morgan fingerprint density at radius 2 is 1.80 bits per heavy atom. The highest BCUT2D eigenvalue weighted by atomic mass is 17.2. The summed E-state index contributed by atoms with van der Waals surface area (Å²) in [6.07, 6.45) is -5.97. The van der Waals surface area contributed by atoms with E-state index in [1.54, 1.807) is 0 Å². The minimum absolute atomic E-state index is 0.0758. The fraction of sp³-hybridized carbons (Fsp3) is 0.750. The van der Waals surface area contributed by atoms with Gasteiger partial charge in [0.15, 0.2) is 6.29 Å². The molecule has 0 saturated carbocycles. The van der Waals surface area contributed by atoms with Gasteiger partial charge in [-0.2, -0.15) is 4.89 Å². The number of carbonyl (C=O) groups excluding carboxylic acids is 2. The summed E-state index contributed by atoms with van der Waals surface area (Å²) in [5.74, 6) is -0.723. The summed E-state index contributed by atoms with van der Waals surface area (Å²) in [5, 5.41) is 27.4. The first kappa shape index (κ1) is 14.0. The molecule has 0 fully saturated rings. The lowest BCUT2D eigenvalue weighted by atomic mass is 10.1. The van der Waals surface area contributed by atoms with Crippen molar-refractivity contribution < 1.29 is 34.7 Å². The molecule has 0 spiro atoms. The van der Waals surface area contributed by atoms with Crippen LogP contribution in [-0.4, -0.2) is 52.0 Å². The van der Waals surface area contributed by atoms with Crippen molar-refractivity contribution in [3.8, 4) is 0 Å². The Morgan fingerprint density at radius 1 is 1.27 bits per heavy atom. The van der Waals surface area contributed by atoms with Gasteiger partial charge in [-0.1, -0.05) is 0 Å². The van der Waals surface area contributed by atoms with Crippen molar-refractivity contribution in [2.45, 2.75) is 38.3 Å². The molecule has 0 heterocycles. The molecular formula is C8H14O7. The molecule has 0 rings (SSSR count). The Hall–Kier alpha value is -1.02. The second kappa shape index (κ2) is 6.46. The molecule has 0 amide bonds. The van der Waals surface area contributed by atoms with Gasteiger partial charge in [0.1, 0.15) is 24.4 Å². The predicted molar refractivity (Wildman–Crippen MR) is 46.4 cm³/mol. The third-order valence-electron chi connectivity index (χ3n) is 1.64. The zero-order valence-corrected chi connectivity index (χ0v) is 8.36. The second-order valence-corrected chi connectivity index (χ2v) is 2.98. The fourth-order valence-electron chi connectivity index (χ4n) is 0.761. The fourth-order valence-corrected chi connectivity index (χ4v) is 0.761. The zero-order chi connectivity index (χ0) is 12.0. The van der Waals surface area contributed by atoms with Crippen LogP contribution in [0.25, 0.3) is 0 Å². The number of aliphatic hydroxyl groups is 3. The molecule has 0 radical (unpaired) electrons. The van der Waals surface area contributed by atoms with Gasteiger partial charge >= 0.3 is 5.97 Å². The summed E-state index contributed by atoms with van der Waals surface area (Å²) < 4.78 is 0. The maximum absolute atomic E-state index is 10.3. The summed E-state index contributed by atoms with van der Waals surface area (Å²) in [6.45, 7) is 2.39. The van der Waals surface area contributed by atoms with Gasteiger partial charge in [-0.25, -0.2) is 4.79 Å². The van der Waals surface area contributed by atoms with Gasteiger partial charge in [-0.3, -0.25) is 4.89 Å². The minimum Gasteiger partial charge on any atom is -0.387 e. The first-order valence-electron chi connectivity index (χ1n) is 4.23. The van der Waals surface area contributed by atoms with Crippen LogP contribution in [0.2, 0.25) is 0 Å². The highest BCUT2D eigenvalue weighted by Crippen LogP contribution is 2.07. The van der Waals surface area contributed by atoms with E-state index in [4.69, 9.17) is 5.11 Å². The zero-order valence-electron chi connectivity index (χ0n) is 8.36. The lowest BCUT2D eigenvalue weighted by Gasteiger charge is -2.23. The predicted octanol–water partition coefficient (Wildman–Crippen LogP) is -1.85. The molecule has 88 valence electrons. The van der Waals surface area contributed by atoms with E-state index in [1.807, 2.05) is 0 Å². The molecule has 0 aliphatic rings. The number of hydrogen-bond acceptors (Lipinski definition) is 7. The first-order chi connectivity index (χ1) is 6.90. The first-order valence-corrected chi connectivity index (χ1v) is 4.23. The van der Waals surface area contributed by atoms with E-state index in [2.05, 4.69) is 9.78 Å². The SMILES string of the molecule is CC(=O)OO[C@@H](C)[C@H](O)[C@@H](O)[C@@H](O)C=O. The van der Waals surface area contributed by atoms with Crippen molar-refractivity contribution in [3.63, 3.8) is 0 Å². The van der Waals surface area contributed by atoms with E-state index < -0.39 is 30.4 Å². The van der Waals surface area contributed by atoms with Crippen LogP contribution in [0.1, 0.15) is 13.8 Å². The smallest absolute Gasteiger partial charge is 0.339 e. The van der Waals surface area contributed by atoms with Crippen molar-refractivity contribution in [1.29, 1.82) is 0 Å². The molecular weight excluding hydrogens is 208 g/mol. The lowest BCUT2D eigenvalue weighted by molar-refractivity contribution is -0.312. The molecule has 7 heteroatoms. The third-order valence-corrected chi connectivity index (χ3v) is 1.64. The molecule has 7 nitrogen and oxygen atoms in total. The summed E-state index contributed by atoms with van der Waals surface area (Å²) in [5.41, 5.74) is 0. The third kappa shape index (κ3) is 4.84. The standard InChI is InChI=1S/C8H14O7/c1-4(14-15-5(2)10)7(12)8(13)6(11)3-9/h3-4,6-8,11-13H,1-2H3/t4-,6-,7-,8-/m0/s1. The van der Waals surface area contributed by atoms with Gasteiger partial charge in [0.05, 0.1) is 0 Å².